The third kappa shape index (κ3) is 7.89. The molecule has 1 amide bonds. The highest BCUT2D eigenvalue weighted by Gasteiger charge is 2.06. The Kier molecular flexibility index (Phi) is 9.39. The van der Waals surface area contributed by atoms with Crippen molar-refractivity contribution in [3.8, 4) is 5.75 Å². The van der Waals surface area contributed by atoms with Crippen molar-refractivity contribution in [3.05, 3.63) is 29.3 Å². The minimum absolute atomic E-state index is 0.0480. The van der Waals surface area contributed by atoms with Crippen molar-refractivity contribution < 1.29 is 14.3 Å². The molecule has 7 heteroatoms. The molecule has 0 atom stereocenters. The molecule has 0 aliphatic carbocycles. The number of aliphatic imine (C=N–C) groups is 1. The largest absolute Gasteiger partial charge is 0.496 e. The zero-order valence-corrected chi connectivity index (χ0v) is 15.9. The summed E-state index contributed by atoms with van der Waals surface area (Å²) >= 11 is 0. The van der Waals surface area contributed by atoms with Crippen LogP contribution in [-0.4, -0.2) is 71.3 Å². The summed E-state index contributed by atoms with van der Waals surface area (Å²) in [6.07, 6.45) is 0.789. The second-order valence-corrected chi connectivity index (χ2v) is 5.86. The van der Waals surface area contributed by atoms with Gasteiger partial charge in [-0.15, -0.1) is 0 Å². The Morgan fingerprint density at radius 3 is 2.56 bits per heavy atom. The highest BCUT2D eigenvalue weighted by molar-refractivity contribution is 5.84. The molecule has 0 unspecified atom stereocenters. The van der Waals surface area contributed by atoms with Gasteiger partial charge in [0.1, 0.15) is 12.3 Å². The number of rotatable bonds is 9. The summed E-state index contributed by atoms with van der Waals surface area (Å²) in [7, 11) is 6.75. The predicted molar refractivity (Wildman–Crippen MR) is 100 cm³/mol. The van der Waals surface area contributed by atoms with Crippen molar-refractivity contribution in [2.24, 2.45) is 4.99 Å². The third-order valence-electron chi connectivity index (χ3n) is 3.59. The lowest BCUT2D eigenvalue weighted by Crippen LogP contribution is -2.40. The number of amides is 1. The summed E-state index contributed by atoms with van der Waals surface area (Å²) in [5, 5.41) is 6.40. The van der Waals surface area contributed by atoms with E-state index in [1.807, 2.05) is 12.1 Å². The van der Waals surface area contributed by atoms with E-state index in [1.54, 1.807) is 28.3 Å². The molecule has 1 rings (SSSR count). The number of benzene rings is 1. The van der Waals surface area contributed by atoms with Crippen LogP contribution in [0.2, 0.25) is 0 Å². The van der Waals surface area contributed by atoms with Crippen LogP contribution in [-0.2, 0) is 16.0 Å². The van der Waals surface area contributed by atoms with Crippen LogP contribution in [0.15, 0.2) is 23.2 Å². The van der Waals surface area contributed by atoms with E-state index < -0.39 is 0 Å². The van der Waals surface area contributed by atoms with Crippen LogP contribution in [0.3, 0.4) is 0 Å². The molecule has 0 radical (unpaired) electrons. The van der Waals surface area contributed by atoms with Crippen molar-refractivity contribution in [1.82, 2.24) is 15.5 Å². The van der Waals surface area contributed by atoms with Gasteiger partial charge in [-0.25, -0.2) is 4.99 Å². The molecular weight excluding hydrogens is 320 g/mol. The number of ether oxygens (including phenoxy) is 2. The second kappa shape index (κ2) is 11.3. The number of aryl methyl sites for hydroxylation is 1. The van der Waals surface area contributed by atoms with Crippen molar-refractivity contribution in [3.63, 3.8) is 0 Å². The van der Waals surface area contributed by atoms with E-state index >= 15 is 0 Å². The molecule has 1 aromatic carbocycles. The molecule has 0 aromatic heterocycles. The SMILES string of the molecule is COCCNC(=NCC(=O)N(C)C)NCCc1cc(C)ccc1OC. The molecule has 0 heterocycles. The number of likely N-dealkylation sites (N-methyl/N-ethyl adjacent to an activating group) is 1. The minimum Gasteiger partial charge on any atom is -0.496 e. The fraction of sp³-hybridized carbons (Fsp3) is 0.556. The summed E-state index contributed by atoms with van der Waals surface area (Å²) < 4.78 is 10.4. The maximum absolute atomic E-state index is 11.7. The van der Waals surface area contributed by atoms with E-state index in [2.05, 4.69) is 28.6 Å². The Bertz CT molecular complexity index is 573. The smallest absolute Gasteiger partial charge is 0.243 e. The fourth-order valence-corrected chi connectivity index (χ4v) is 2.15. The normalized spacial score (nSPS) is 11.2. The first-order chi connectivity index (χ1) is 12.0. The maximum atomic E-state index is 11.7. The van der Waals surface area contributed by atoms with E-state index in [0.717, 1.165) is 17.7 Å². The number of carbonyl (C=O) groups excluding carboxylic acids is 1. The molecule has 0 saturated carbocycles. The molecule has 0 bridgehead atoms. The van der Waals surface area contributed by atoms with Crippen LogP contribution in [0.1, 0.15) is 11.1 Å². The zero-order valence-electron chi connectivity index (χ0n) is 15.9. The predicted octanol–water partition coefficient (Wildman–Crippen LogP) is 0.816. The van der Waals surface area contributed by atoms with Gasteiger partial charge < -0.3 is 25.0 Å². The number of guanidine groups is 1. The van der Waals surface area contributed by atoms with Crippen LogP contribution >= 0.6 is 0 Å². The highest BCUT2D eigenvalue weighted by Crippen LogP contribution is 2.19. The van der Waals surface area contributed by atoms with Gasteiger partial charge in [-0.05, 0) is 25.0 Å². The lowest BCUT2D eigenvalue weighted by molar-refractivity contribution is -0.127. The number of nitrogens with one attached hydrogen (secondary N) is 2. The fourth-order valence-electron chi connectivity index (χ4n) is 2.15. The Morgan fingerprint density at radius 2 is 1.92 bits per heavy atom. The van der Waals surface area contributed by atoms with Gasteiger partial charge >= 0.3 is 0 Å². The van der Waals surface area contributed by atoms with Crippen LogP contribution in [0, 0.1) is 6.92 Å². The first kappa shape index (κ1) is 20.8. The Morgan fingerprint density at radius 1 is 1.20 bits per heavy atom. The number of nitrogens with zero attached hydrogens (tertiary/aromatic N) is 2. The van der Waals surface area contributed by atoms with Gasteiger partial charge in [0.15, 0.2) is 5.96 Å². The van der Waals surface area contributed by atoms with Gasteiger partial charge in [-0.2, -0.15) is 0 Å². The van der Waals surface area contributed by atoms with Gasteiger partial charge in [0.25, 0.3) is 0 Å². The molecule has 140 valence electrons. The lowest BCUT2D eigenvalue weighted by Gasteiger charge is -2.14. The van der Waals surface area contributed by atoms with E-state index in [1.165, 1.54) is 10.5 Å². The quantitative estimate of drug-likeness (QED) is 0.392. The van der Waals surface area contributed by atoms with Crippen LogP contribution < -0.4 is 15.4 Å². The molecule has 1 aromatic rings. The minimum atomic E-state index is -0.0480. The van der Waals surface area contributed by atoms with Crippen LogP contribution in [0.5, 0.6) is 5.75 Å². The molecule has 0 aliphatic heterocycles. The summed E-state index contributed by atoms with van der Waals surface area (Å²) in [6, 6.07) is 6.12. The number of carbonyl (C=O) groups is 1. The third-order valence-corrected chi connectivity index (χ3v) is 3.59. The van der Waals surface area contributed by atoms with Crippen molar-refractivity contribution >= 4 is 11.9 Å². The van der Waals surface area contributed by atoms with Crippen molar-refractivity contribution in [2.75, 3.05) is 54.6 Å². The zero-order chi connectivity index (χ0) is 18.7. The molecule has 0 aliphatic rings. The monoisotopic (exact) mass is 350 g/mol. The number of hydrogen-bond donors (Lipinski definition) is 2. The summed E-state index contributed by atoms with van der Waals surface area (Å²) in [6.45, 7) is 4.01. The topological polar surface area (TPSA) is 75.2 Å². The molecule has 7 nitrogen and oxygen atoms in total. The van der Waals surface area contributed by atoms with Gasteiger partial charge in [0.2, 0.25) is 5.91 Å². The number of methoxy groups -OCH3 is 2. The summed E-state index contributed by atoms with van der Waals surface area (Å²) in [5.74, 6) is 1.42. The molecule has 0 spiro atoms. The molecule has 2 N–H and O–H groups in total. The van der Waals surface area contributed by atoms with E-state index in [4.69, 9.17) is 9.47 Å². The molecular formula is C18H30N4O3. The summed E-state index contributed by atoms with van der Waals surface area (Å²) in [5.41, 5.74) is 2.33. The first-order valence-electron chi connectivity index (χ1n) is 8.32. The highest BCUT2D eigenvalue weighted by atomic mass is 16.5. The van der Waals surface area contributed by atoms with Crippen LogP contribution in [0.4, 0.5) is 0 Å². The van der Waals surface area contributed by atoms with Gasteiger partial charge in [-0.1, -0.05) is 17.7 Å². The average Bonchev–Trinajstić information content (AvgIpc) is 2.59. The van der Waals surface area contributed by atoms with Gasteiger partial charge in [0.05, 0.1) is 13.7 Å². The standard InChI is InChI=1S/C18H30N4O3/c1-14-6-7-16(25-5)15(12-14)8-9-19-18(20-10-11-24-4)21-13-17(23)22(2)3/h6-7,12H,8-11,13H2,1-5H3,(H2,19,20,21). The number of hydrogen-bond acceptors (Lipinski definition) is 4. The van der Waals surface area contributed by atoms with Gasteiger partial charge in [0, 0.05) is 34.3 Å². The molecule has 0 fully saturated rings. The van der Waals surface area contributed by atoms with Gasteiger partial charge in [-0.3, -0.25) is 4.79 Å². The average molecular weight is 350 g/mol. The van der Waals surface area contributed by atoms with Crippen molar-refractivity contribution in [2.45, 2.75) is 13.3 Å². The molecule has 0 saturated heterocycles. The summed E-state index contributed by atoms with van der Waals surface area (Å²) in [4.78, 5) is 17.6. The van der Waals surface area contributed by atoms with E-state index in [0.29, 0.717) is 25.7 Å². The van der Waals surface area contributed by atoms with E-state index in [9.17, 15) is 4.79 Å². The Hall–Kier alpha value is -2.28. The molecule has 25 heavy (non-hydrogen) atoms. The Labute approximate surface area is 150 Å². The lowest BCUT2D eigenvalue weighted by atomic mass is 10.1. The Balaban J connectivity index is 2.63. The second-order valence-electron chi connectivity index (χ2n) is 5.86. The van der Waals surface area contributed by atoms with Crippen molar-refractivity contribution in [1.29, 1.82) is 0 Å². The first-order valence-corrected chi connectivity index (χ1v) is 8.32. The van der Waals surface area contributed by atoms with E-state index in [-0.39, 0.29) is 12.5 Å². The maximum Gasteiger partial charge on any atom is 0.243 e. The van der Waals surface area contributed by atoms with Crippen LogP contribution in [0.25, 0.3) is 0 Å².